The van der Waals surface area contributed by atoms with E-state index in [-0.39, 0.29) is 0 Å². The molecule has 2 fully saturated rings. The summed E-state index contributed by atoms with van der Waals surface area (Å²) in [5.41, 5.74) is 0.530. The van der Waals surface area contributed by atoms with Gasteiger partial charge >= 0.3 is 0 Å². The maximum atomic E-state index is 7.36. The monoisotopic (exact) mass is 124 g/mol. The van der Waals surface area contributed by atoms with Gasteiger partial charge in [-0.25, -0.2) is 0 Å². The van der Waals surface area contributed by atoms with Crippen molar-refractivity contribution in [2.75, 3.05) is 6.54 Å². The fourth-order valence-electron chi connectivity index (χ4n) is 1.75. The van der Waals surface area contributed by atoms with Crippen LogP contribution in [0.5, 0.6) is 0 Å². The molecular formula is C7H12N2. The predicted octanol–water partition coefficient (Wildman–Crippen LogP) is 0.983. The Labute approximate surface area is 55.2 Å². The van der Waals surface area contributed by atoms with Crippen LogP contribution in [0.4, 0.5) is 0 Å². The lowest BCUT2D eigenvalue weighted by Gasteiger charge is -2.19. The second-order valence-corrected chi connectivity index (χ2v) is 3.59. The van der Waals surface area contributed by atoms with E-state index < -0.39 is 0 Å². The highest BCUT2D eigenvalue weighted by Crippen LogP contribution is 2.55. The summed E-state index contributed by atoms with van der Waals surface area (Å²) in [5, 5.41) is 10.4. The normalized spacial score (nSPS) is 47.7. The molecule has 50 valence electrons. The first-order chi connectivity index (χ1) is 4.21. The Morgan fingerprint density at radius 2 is 2.56 bits per heavy atom. The van der Waals surface area contributed by atoms with Crippen LogP contribution in [0.2, 0.25) is 0 Å². The molecule has 1 saturated heterocycles. The van der Waals surface area contributed by atoms with Gasteiger partial charge in [0.2, 0.25) is 0 Å². The van der Waals surface area contributed by atoms with Gasteiger partial charge in [-0.15, -0.1) is 0 Å². The number of fused-ring (bicyclic) bond motifs is 1. The summed E-state index contributed by atoms with van der Waals surface area (Å²) >= 11 is 0. The number of amidine groups is 1. The Kier molecular flexibility index (Phi) is 0.765. The van der Waals surface area contributed by atoms with Crippen molar-refractivity contribution < 1.29 is 0 Å². The van der Waals surface area contributed by atoms with Gasteiger partial charge in [0.05, 0.1) is 5.84 Å². The van der Waals surface area contributed by atoms with E-state index >= 15 is 0 Å². The number of nitrogens with one attached hydrogen (secondary N) is 2. The van der Waals surface area contributed by atoms with Gasteiger partial charge in [-0.1, -0.05) is 6.92 Å². The Balaban J connectivity index is 2.11. The van der Waals surface area contributed by atoms with Crippen LogP contribution in [0, 0.1) is 16.7 Å². The average molecular weight is 124 g/mol. The number of rotatable bonds is 0. The average Bonchev–Trinajstić information content (AvgIpc) is 2.38. The van der Waals surface area contributed by atoms with Crippen molar-refractivity contribution in [2.45, 2.75) is 19.8 Å². The van der Waals surface area contributed by atoms with Crippen LogP contribution >= 0.6 is 0 Å². The van der Waals surface area contributed by atoms with Crippen molar-refractivity contribution in [1.82, 2.24) is 5.32 Å². The van der Waals surface area contributed by atoms with Crippen molar-refractivity contribution in [3.8, 4) is 0 Å². The molecule has 2 nitrogen and oxygen atoms in total. The molecule has 2 N–H and O–H groups in total. The minimum atomic E-state index is 0.530. The molecule has 1 aliphatic heterocycles. The molecule has 0 radical (unpaired) electrons. The van der Waals surface area contributed by atoms with Crippen LogP contribution in [-0.4, -0.2) is 12.4 Å². The van der Waals surface area contributed by atoms with E-state index in [1.54, 1.807) is 0 Å². The first kappa shape index (κ1) is 5.27. The SMILES string of the molecule is C[C@]12CC(=N)NC[C@@H]1C2. The topological polar surface area (TPSA) is 35.9 Å². The predicted molar refractivity (Wildman–Crippen MR) is 36.6 cm³/mol. The fourth-order valence-corrected chi connectivity index (χ4v) is 1.75. The number of hydrogen-bond donors (Lipinski definition) is 2. The fraction of sp³-hybridized carbons (Fsp3) is 0.857. The molecule has 0 amide bonds. The molecule has 0 bridgehead atoms. The minimum Gasteiger partial charge on any atom is -0.374 e. The second-order valence-electron chi connectivity index (χ2n) is 3.59. The summed E-state index contributed by atoms with van der Waals surface area (Å²) in [6, 6.07) is 0. The van der Waals surface area contributed by atoms with Crippen molar-refractivity contribution in [2.24, 2.45) is 11.3 Å². The Morgan fingerprint density at radius 3 is 3.11 bits per heavy atom. The lowest BCUT2D eigenvalue weighted by molar-refractivity contribution is 0.479. The molecule has 2 atom stereocenters. The van der Waals surface area contributed by atoms with Crippen LogP contribution in [-0.2, 0) is 0 Å². The summed E-state index contributed by atoms with van der Waals surface area (Å²) in [6.07, 6.45) is 2.32. The van der Waals surface area contributed by atoms with Gasteiger partial charge in [-0.2, -0.15) is 0 Å². The van der Waals surface area contributed by atoms with E-state index in [0.29, 0.717) is 5.41 Å². The molecule has 2 rings (SSSR count). The first-order valence-corrected chi connectivity index (χ1v) is 3.52. The standard InChI is InChI=1S/C7H12N2/c1-7-2-5(7)4-9-6(8)3-7/h5H,2-4H2,1H3,(H2,8,9)/t5-,7-/m0/s1. The summed E-state index contributed by atoms with van der Waals surface area (Å²) in [6.45, 7) is 3.34. The van der Waals surface area contributed by atoms with Gasteiger partial charge in [0, 0.05) is 13.0 Å². The molecule has 0 unspecified atom stereocenters. The zero-order valence-electron chi connectivity index (χ0n) is 5.70. The van der Waals surface area contributed by atoms with Crippen molar-refractivity contribution >= 4 is 5.84 Å². The van der Waals surface area contributed by atoms with Gasteiger partial charge in [-0.3, -0.25) is 5.41 Å². The summed E-state index contributed by atoms with van der Waals surface area (Å²) in [4.78, 5) is 0. The van der Waals surface area contributed by atoms with Crippen LogP contribution in [0.25, 0.3) is 0 Å². The largest absolute Gasteiger partial charge is 0.374 e. The van der Waals surface area contributed by atoms with Gasteiger partial charge < -0.3 is 5.32 Å². The summed E-state index contributed by atoms with van der Waals surface area (Å²) < 4.78 is 0. The molecule has 0 aromatic rings. The lowest BCUT2D eigenvalue weighted by Crippen LogP contribution is -2.33. The smallest absolute Gasteiger partial charge is 0.0937 e. The van der Waals surface area contributed by atoms with Gasteiger partial charge in [0.1, 0.15) is 0 Å². The van der Waals surface area contributed by atoms with Gasteiger partial charge in [0.15, 0.2) is 0 Å². The molecule has 0 spiro atoms. The lowest BCUT2D eigenvalue weighted by atomic mass is 9.98. The van der Waals surface area contributed by atoms with E-state index in [0.717, 1.165) is 24.7 Å². The Bertz CT molecular complexity index is 164. The van der Waals surface area contributed by atoms with Crippen LogP contribution < -0.4 is 5.32 Å². The van der Waals surface area contributed by atoms with Crippen molar-refractivity contribution in [3.63, 3.8) is 0 Å². The molecule has 1 heterocycles. The van der Waals surface area contributed by atoms with E-state index in [1.807, 2.05) is 0 Å². The van der Waals surface area contributed by atoms with Crippen LogP contribution in [0.1, 0.15) is 19.8 Å². The highest BCUT2D eigenvalue weighted by Gasteiger charge is 2.52. The molecule has 1 saturated carbocycles. The van der Waals surface area contributed by atoms with Crippen molar-refractivity contribution in [1.29, 1.82) is 5.41 Å². The molecule has 9 heavy (non-hydrogen) atoms. The Hall–Kier alpha value is -0.530. The molecule has 1 aliphatic carbocycles. The molecule has 0 aromatic carbocycles. The second kappa shape index (κ2) is 1.31. The van der Waals surface area contributed by atoms with Gasteiger partial charge in [0.25, 0.3) is 0 Å². The van der Waals surface area contributed by atoms with Crippen LogP contribution in [0.15, 0.2) is 0 Å². The minimum absolute atomic E-state index is 0.530. The van der Waals surface area contributed by atoms with Crippen LogP contribution in [0.3, 0.4) is 0 Å². The van der Waals surface area contributed by atoms with E-state index in [4.69, 9.17) is 5.41 Å². The van der Waals surface area contributed by atoms with Gasteiger partial charge in [-0.05, 0) is 17.8 Å². The van der Waals surface area contributed by atoms with E-state index in [9.17, 15) is 0 Å². The molecule has 2 heteroatoms. The molecule has 2 aliphatic rings. The third-order valence-corrected chi connectivity index (χ3v) is 2.68. The summed E-state index contributed by atoms with van der Waals surface area (Å²) in [5.74, 6) is 1.62. The van der Waals surface area contributed by atoms with E-state index in [1.165, 1.54) is 6.42 Å². The quantitative estimate of drug-likeness (QED) is 0.496. The zero-order chi connectivity index (χ0) is 6.48. The molecular weight excluding hydrogens is 112 g/mol. The third-order valence-electron chi connectivity index (χ3n) is 2.68. The zero-order valence-corrected chi connectivity index (χ0v) is 5.70. The van der Waals surface area contributed by atoms with Crippen molar-refractivity contribution in [3.05, 3.63) is 0 Å². The van der Waals surface area contributed by atoms with E-state index in [2.05, 4.69) is 12.2 Å². The first-order valence-electron chi connectivity index (χ1n) is 3.52. The third kappa shape index (κ3) is 0.655. The maximum absolute atomic E-state index is 7.36. The maximum Gasteiger partial charge on any atom is 0.0937 e. The number of piperidine rings is 1. The highest BCUT2D eigenvalue weighted by atomic mass is 15.0. The Morgan fingerprint density at radius 1 is 1.78 bits per heavy atom. The highest BCUT2D eigenvalue weighted by molar-refractivity contribution is 5.81. The summed E-state index contributed by atoms with van der Waals surface area (Å²) in [7, 11) is 0. The number of hydrogen-bond acceptors (Lipinski definition) is 1. The molecule has 0 aromatic heterocycles.